The van der Waals surface area contributed by atoms with Crippen molar-refractivity contribution in [2.24, 2.45) is 0 Å². The highest BCUT2D eigenvalue weighted by atomic mass is 16.5. The zero-order valence-electron chi connectivity index (χ0n) is 12.2. The SMILES string of the molecule is O[C@H](COc1cccc2c1CCC2)CN1CCCCC1. The molecular weight excluding hydrogens is 250 g/mol. The molecule has 0 amide bonds. The van der Waals surface area contributed by atoms with E-state index in [1.807, 2.05) is 6.07 Å². The second-order valence-corrected chi connectivity index (χ2v) is 6.07. The maximum atomic E-state index is 10.1. The molecule has 0 spiro atoms. The zero-order chi connectivity index (χ0) is 13.8. The molecule has 3 heteroatoms. The van der Waals surface area contributed by atoms with Crippen LogP contribution in [0.2, 0.25) is 0 Å². The molecule has 1 saturated heterocycles. The summed E-state index contributed by atoms with van der Waals surface area (Å²) in [6.07, 6.45) is 6.99. The fourth-order valence-electron chi connectivity index (χ4n) is 3.40. The van der Waals surface area contributed by atoms with Gasteiger partial charge in [0, 0.05) is 6.54 Å². The number of fused-ring (bicyclic) bond motifs is 1. The number of β-amino-alcohol motifs (C(OH)–C–C–N with tert-alkyl or cyclic N) is 1. The standard InChI is InChI=1S/C17H25NO2/c19-15(12-18-10-2-1-3-11-18)13-20-17-9-5-7-14-6-4-8-16(14)17/h5,7,9,15,19H,1-4,6,8,10-13H2/t15-/m0/s1. The van der Waals surface area contributed by atoms with E-state index in [0.29, 0.717) is 6.61 Å². The maximum Gasteiger partial charge on any atom is 0.122 e. The maximum absolute atomic E-state index is 10.1. The molecule has 110 valence electrons. The van der Waals surface area contributed by atoms with Crippen molar-refractivity contribution in [3.05, 3.63) is 29.3 Å². The number of rotatable bonds is 5. The molecular formula is C17H25NO2. The molecule has 2 aliphatic rings. The number of hydrogen-bond acceptors (Lipinski definition) is 3. The van der Waals surface area contributed by atoms with Gasteiger partial charge in [0.1, 0.15) is 18.5 Å². The largest absolute Gasteiger partial charge is 0.491 e. The van der Waals surface area contributed by atoms with E-state index in [4.69, 9.17) is 4.74 Å². The van der Waals surface area contributed by atoms with Gasteiger partial charge in [0.2, 0.25) is 0 Å². The van der Waals surface area contributed by atoms with Crippen LogP contribution in [-0.4, -0.2) is 42.4 Å². The van der Waals surface area contributed by atoms with Gasteiger partial charge in [-0.25, -0.2) is 0 Å². The lowest BCUT2D eigenvalue weighted by molar-refractivity contribution is 0.0614. The molecule has 1 N–H and O–H groups in total. The lowest BCUT2D eigenvalue weighted by Crippen LogP contribution is -2.38. The average molecular weight is 275 g/mol. The van der Waals surface area contributed by atoms with Crippen molar-refractivity contribution in [2.45, 2.75) is 44.6 Å². The van der Waals surface area contributed by atoms with Crippen LogP contribution in [0.3, 0.4) is 0 Å². The van der Waals surface area contributed by atoms with Gasteiger partial charge in [-0.1, -0.05) is 18.6 Å². The van der Waals surface area contributed by atoms with E-state index in [1.54, 1.807) is 0 Å². The summed E-state index contributed by atoms with van der Waals surface area (Å²) >= 11 is 0. The van der Waals surface area contributed by atoms with Crippen molar-refractivity contribution < 1.29 is 9.84 Å². The molecule has 1 aliphatic carbocycles. The fraction of sp³-hybridized carbons (Fsp3) is 0.647. The van der Waals surface area contributed by atoms with E-state index in [2.05, 4.69) is 17.0 Å². The summed E-state index contributed by atoms with van der Waals surface area (Å²) in [6.45, 7) is 3.40. The van der Waals surface area contributed by atoms with Crippen molar-refractivity contribution in [3.63, 3.8) is 0 Å². The van der Waals surface area contributed by atoms with Gasteiger partial charge in [0.15, 0.2) is 0 Å². The van der Waals surface area contributed by atoms with E-state index in [9.17, 15) is 5.11 Å². The summed E-state index contributed by atoms with van der Waals surface area (Å²) in [5.41, 5.74) is 2.78. The molecule has 0 aromatic heterocycles. The van der Waals surface area contributed by atoms with Gasteiger partial charge in [-0.15, -0.1) is 0 Å². The summed E-state index contributed by atoms with van der Waals surface area (Å²) in [5.74, 6) is 0.984. The summed E-state index contributed by atoms with van der Waals surface area (Å²) in [5, 5.41) is 10.1. The van der Waals surface area contributed by atoms with E-state index in [-0.39, 0.29) is 6.10 Å². The molecule has 3 nitrogen and oxygen atoms in total. The third-order valence-corrected chi connectivity index (χ3v) is 4.45. The Morgan fingerprint density at radius 1 is 1.10 bits per heavy atom. The van der Waals surface area contributed by atoms with Crippen molar-refractivity contribution in [1.82, 2.24) is 4.90 Å². The molecule has 3 rings (SSSR count). The molecule has 0 bridgehead atoms. The third kappa shape index (κ3) is 3.33. The molecule has 1 aromatic rings. The van der Waals surface area contributed by atoms with Crippen molar-refractivity contribution in [3.8, 4) is 5.75 Å². The van der Waals surface area contributed by atoms with Crippen LogP contribution < -0.4 is 4.74 Å². The average Bonchev–Trinajstić information content (AvgIpc) is 2.95. The summed E-state index contributed by atoms with van der Waals surface area (Å²) in [4.78, 5) is 2.35. The quantitative estimate of drug-likeness (QED) is 0.895. The van der Waals surface area contributed by atoms with Crippen molar-refractivity contribution in [1.29, 1.82) is 0 Å². The van der Waals surface area contributed by atoms with Crippen LogP contribution in [0.25, 0.3) is 0 Å². The number of piperidine rings is 1. The predicted molar refractivity (Wildman–Crippen MR) is 80.3 cm³/mol. The van der Waals surface area contributed by atoms with E-state index in [0.717, 1.165) is 31.8 Å². The highest BCUT2D eigenvalue weighted by molar-refractivity contribution is 5.43. The molecule has 0 saturated carbocycles. The zero-order valence-corrected chi connectivity index (χ0v) is 12.2. The highest BCUT2D eigenvalue weighted by Gasteiger charge is 2.18. The number of aliphatic hydroxyl groups is 1. The molecule has 20 heavy (non-hydrogen) atoms. The minimum Gasteiger partial charge on any atom is -0.491 e. The summed E-state index contributed by atoms with van der Waals surface area (Å²) in [7, 11) is 0. The first-order valence-electron chi connectivity index (χ1n) is 7.97. The molecule has 1 fully saturated rings. The predicted octanol–water partition coefficient (Wildman–Crippen LogP) is 2.40. The number of aryl methyl sites for hydroxylation is 1. The first-order valence-corrected chi connectivity index (χ1v) is 7.97. The lowest BCUT2D eigenvalue weighted by atomic mass is 10.1. The van der Waals surface area contributed by atoms with Gasteiger partial charge in [0.05, 0.1) is 0 Å². The van der Waals surface area contributed by atoms with Gasteiger partial charge in [-0.3, -0.25) is 0 Å². The highest BCUT2D eigenvalue weighted by Crippen LogP contribution is 2.30. The fourth-order valence-corrected chi connectivity index (χ4v) is 3.40. The van der Waals surface area contributed by atoms with Crippen molar-refractivity contribution in [2.75, 3.05) is 26.2 Å². The van der Waals surface area contributed by atoms with Gasteiger partial charge < -0.3 is 14.7 Å². The Hall–Kier alpha value is -1.06. The Bertz CT molecular complexity index is 441. The number of aliphatic hydroxyl groups excluding tert-OH is 1. The molecule has 1 aliphatic heterocycles. The van der Waals surface area contributed by atoms with Crippen LogP contribution in [-0.2, 0) is 12.8 Å². The Kier molecular flexibility index (Phi) is 4.58. The smallest absolute Gasteiger partial charge is 0.122 e. The normalized spacial score (nSPS) is 20.6. The first-order chi connectivity index (χ1) is 9.83. The van der Waals surface area contributed by atoms with Gasteiger partial charge >= 0.3 is 0 Å². The summed E-state index contributed by atoms with van der Waals surface area (Å²) < 4.78 is 5.88. The van der Waals surface area contributed by atoms with Crippen LogP contribution in [0, 0.1) is 0 Å². The second kappa shape index (κ2) is 6.59. The van der Waals surface area contributed by atoms with Crippen LogP contribution in [0.15, 0.2) is 18.2 Å². The van der Waals surface area contributed by atoms with Crippen LogP contribution in [0.1, 0.15) is 36.8 Å². The monoisotopic (exact) mass is 275 g/mol. The number of ether oxygens (including phenoxy) is 1. The molecule has 0 unspecified atom stereocenters. The van der Waals surface area contributed by atoms with E-state index < -0.39 is 0 Å². The third-order valence-electron chi connectivity index (χ3n) is 4.45. The number of likely N-dealkylation sites (tertiary alicyclic amines) is 1. The summed E-state index contributed by atoms with van der Waals surface area (Å²) in [6, 6.07) is 6.30. The minimum atomic E-state index is -0.384. The Labute approximate surface area is 121 Å². The minimum absolute atomic E-state index is 0.384. The number of nitrogens with zero attached hydrogens (tertiary/aromatic N) is 1. The Morgan fingerprint density at radius 2 is 1.95 bits per heavy atom. The topological polar surface area (TPSA) is 32.7 Å². The Balaban J connectivity index is 1.50. The first kappa shape index (κ1) is 13.9. The molecule has 1 atom stereocenters. The van der Waals surface area contributed by atoms with Gasteiger partial charge in [0.25, 0.3) is 0 Å². The molecule has 1 aromatic carbocycles. The van der Waals surface area contributed by atoms with E-state index in [1.165, 1.54) is 43.2 Å². The molecule has 1 heterocycles. The van der Waals surface area contributed by atoms with Crippen LogP contribution in [0.4, 0.5) is 0 Å². The van der Waals surface area contributed by atoms with Crippen molar-refractivity contribution >= 4 is 0 Å². The van der Waals surface area contributed by atoms with Crippen LogP contribution >= 0.6 is 0 Å². The molecule has 0 radical (unpaired) electrons. The van der Waals surface area contributed by atoms with Gasteiger partial charge in [-0.2, -0.15) is 0 Å². The second-order valence-electron chi connectivity index (χ2n) is 6.07. The number of hydrogen-bond donors (Lipinski definition) is 1. The van der Waals surface area contributed by atoms with E-state index >= 15 is 0 Å². The van der Waals surface area contributed by atoms with Gasteiger partial charge in [-0.05, 0) is 62.4 Å². The number of benzene rings is 1. The Morgan fingerprint density at radius 3 is 2.80 bits per heavy atom. The van der Waals surface area contributed by atoms with Crippen LogP contribution in [0.5, 0.6) is 5.75 Å². The lowest BCUT2D eigenvalue weighted by Gasteiger charge is -2.28.